The molecule has 0 aliphatic rings. The van der Waals surface area contributed by atoms with Gasteiger partial charge in [0.05, 0.1) is 11.4 Å². The highest BCUT2D eigenvalue weighted by atomic mass is 16.5. The minimum Gasteiger partial charge on any atom is -0.448 e. The van der Waals surface area contributed by atoms with Crippen LogP contribution in [-0.4, -0.2) is 34.3 Å². The fraction of sp³-hybridized carbons (Fsp3) is 0.615. The number of nitrogens with one attached hydrogen (secondary N) is 1. The average molecular weight is 282 g/mol. The van der Waals surface area contributed by atoms with E-state index in [0.717, 1.165) is 0 Å². The Morgan fingerprint density at radius 1 is 1.40 bits per heavy atom. The molecule has 1 heterocycles. The summed E-state index contributed by atoms with van der Waals surface area (Å²) in [6.07, 6.45) is -0.879. The Labute approximate surface area is 118 Å². The van der Waals surface area contributed by atoms with Crippen molar-refractivity contribution in [1.29, 1.82) is 0 Å². The quantitative estimate of drug-likeness (QED) is 0.772. The summed E-state index contributed by atoms with van der Waals surface area (Å²) in [6.45, 7) is 7.72. The van der Waals surface area contributed by atoms with Crippen molar-refractivity contribution in [2.24, 2.45) is 13.0 Å². The molecule has 0 saturated carbocycles. The molecule has 1 rings (SSSR count). The molecule has 1 aromatic rings. The summed E-state index contributed by atoms with van der Waals surface area (Å²) in [4.78, 5) is 23.8. The highest BCUT2D eigenvalue weighted by Gasteiger charge is 2.24. The lowest BCUT2D eigenvalue weighted by Gasteiger charge is -2.14. The summed E-state index contributed by atoms with van der Waals surface area (Å²) in [5.41, 5.74) is 6.75. The van der Waals surface area contributed by atoms with Crippen LogP contribution in [0.2, 0.25) is 0 Å². The molecule has 0 spiro atoms. The van der Waals surface area contributed by atoms with Crippen LogP contribution in [0.25, 0.3) is 0 Å². The van der Waals surface area contributed by atoms with Gasteiger partial charge in [-0.2, -0.15) is 5.10 Å². The Morgan fingerprint density at radius 2 is 2.00 bits per heavy atom. The van der Waals surface area contributed by atoms with Gasteiger partial charge in [0.15, 0.2) is 11.8 Å². The van der Waals surface area contributed by atoms with Gasteiger partial charge in [0, 0.05) is 13.6 Å². The minimum atomic E-state index is -0.879. The van der Waals surface area contributed by atoms with Crippen molar-refractivity contribution in [2.45, 2.75) is 33.8 Å². The number of rotatable bonds is 5. The van der Waals surface area contributed by atoms with E-state index in [0.29, 0.717) is 18.2 Å². The molecule has 0 bridgehead atoms. The number of hydrogen-bond donors (Lipinski definition) is 2. The van der Waals surface area contributed by atoms with Crippen molar-refractivity contribution < 1.29 is 14.3 Å². The third-order valence-corrected chi connectivity index (χ3v) is 2.80. The number of ether oxygens (including phenoxy) is 1. The van der Waals surface area contributed by atoms with Crippen LogP contribution in [0.5, 0.6) is 0 Å². The van der Waals surface area contributed by atoms with Crippen molar-refractivity contribution in [3.05, 3.63) is 11.4 Å². The first-order valence-electron chi connectivity index (χ1n) is 6.51. The van der Waals surface area contributed by atoms with E-state index in [1.54, 1.807) is 14.0 Å². The van der Waals surface area contributed by atoms with E-state index >= 15 is 0 Å². The molecule has 20 heavy (non-hydrogen) atoms. The fourth-order valence-corrected chi connectivity index (χ4v) is 1.63. The van der Waals surface area contributed by atoms with Gasteiger partial charge in [0.1, 0.15) is 0 Å². The highest BCUT2D eigenvalue weighted by Crippen LogP contribution is 2.16. The Bertz CT molecular complexity index is 508. The zero-order valence-corrected chi connectivity index (χ0v) is 12.6. The first-order chi connectivity index (χ1) is 9.23. The van der Waals surface area contributed by atoms with Crippen molar-refractivity contribution >= 4 is 17.6 Å². The number of amides is 1. The lowest BCUT2D eigenvalue weighted by Crippen LogP contribution is -2.38. The highest BCUT2D eigenvalue weighted by molar-refractivity contribution is 5.95. The molecule has 0 aliphatic heterocycles. The number of nitrogens with zero attached hydrogens (tertiary/aromatic N) is 2. The number of hydrogen-bond acceptors (Lipinski definition) is 5. The van der Waals surface area contributed by atoms with Crippen LogP contribution >= 0.6 is 0 Å². The second-order valence-corrected chi connectivity index (χ2v) is 5.16. The van der Waals surface area contributed by atoms with E-state index < -0.39 is 12.1 Å². The lowest BCUT2D eigenvalue weighted by molar-refractivity contribution is -0.129. The molecule has 0 aromatic carbocycles. The summed E-state index contributed by atoms with van der Waals surface area (Å²) >= 11 is 0. The zero-order chi connectivity index (χ0) is 15.4. The number of carbonyl (C=O) groups excluding carboxylic acids is 2. The van der Waals surface area contributed by atoms with E-state index in [9.17, 15) is 9.59 Å². The molecule has 7 nitrogen and oxygen atoms in total. The van der Waals surface area contributed by atoms with E-state index in [4.69, 9.17) is 10.5 Å². The maximum absolute atomic E-state index is 12.0. The van der Waals surface area contributed by atoms with Crippen molar-refractivity contribution in [2.75, 3.05) is 12.3 Å². The van der Waals surface area contributed by atoms with Gasteiger partial charge < -0.3 is 15.8 Å². The van der Waals surface area contributed by atoms with Crippen LogP contribution in [0.1, 0.15) is 37.0 Å². The van der Waals surface area contributed by atoms with Crippen LogP contribution in [0.15, 0.2) is 0 Å². The Balaban J connectivity index is 2.68. The number of nitrogens with two attached hydrogens (primary N) is 1. The molecule has 7 heteroatoms. The van der Waals surface area contributed by atoms with Crippen molar-refractivity contribution in [3.63, 3.8) is 0 Å². The number of esters is 1. The van der Waals surface area contributed by atoms with Gasteiger partial charge in [0.25, 0.3) is 5.91 Å². The largest absolute Gasteiger partial charge is 0.448 e. The second-order valence-electron chi connectivity index (χ2n) is 5.16. The average Bonchev–Trinajstić information content (AvgIpc) is 2.59. The predicted octanol–water partition coefficient (Wildman–Crippen LogP) is 0.628. The molecular formula is C13H22N4O3. The summed E-state index contributed by atoms with van der Waals surface area (Å²) in [5, 5.41) is 6.74. The van der Waals surface area contributed by atoms with Gasteiger partial charge >= 0.3 is 5.97 Å². The van der Waals surface area contributed by atoms with Crippen LogP contribution in [0, 0.1) is 12.8 Å². The maximum atomic E-state index is 12.0. The molecule has 0 aliphatic carbocycles. The molecule has 3 N–H and O–H groups in total. The maximum Gasteiger partial charge on any atom is 0.359 e. The molecule has 0 saturated heterocycles. The first-order valence-corrected chi connectivity index (χ1v) is 6.51. The fourth-order valence-electron chi connectivity index (χ4n) is 1.63. The molecular weight excluding hydrogens is 260 g/mol. The van der Waals surface area contributed by atoms with Gasteiger partial charge in [-0.05, 0) is 19.8 Å². The van der Waals surface area contributed by atoms with Crippen LogP contribution in [0.3, 0.4) is 0 Å². The molecule has 1 unspecified atom stereocenters. The number of aryl methyl sites for hydroxylation is 2. The van der Waals surface area contributed by atoms with Gasteiger partial charge in [-0.1, -0.05) is 13.8 Å². The third kappa shape index (κ3) is 3.72. The topological polar surface area (TPSA) is 99.2 Å². The Hall–Kier alpha value is -2.05. The number of anilines is 1. The SMILES string of the molecule is Cc1nn(C)c(C(=O)OC(C)C(=O)NCC(C)C)c1N. The number of nitrogen functional groups attached to an aromatic ring is 1. The van der Waals surface area contributed by atoms with Gasteiger partial charge in [-0.15, -0.1) is 0 Å². The van der Waals surface area contributed by atoms with Crippen LogP contribution in [-0.2, 0) is 16.6 Å². The molecule has 1 aromatic heterocycles. The molecule has 1 atom stereocenters. The van der Waals surface area contributed by atoms with Gasteiger partial charge in [-0.3, -0.25) is 9.48 Å². The normalized spacial score (nSPS) is 12.3. The first kappa shape index (κ1) is 16.0. The van der Waals surface area contributed by atoms with Gasteiger partial charge in [-0.25, -0.2) is 4.79 Å². The van der Waals surface area contributed by atoms with Crippen molar-refractivity contribution in [1.82, 2.24) is 15.1 Å². The summed E-state index contributed by atoms with van der Waals surface area (Å²) in [5.74, 6) is -0.653. The smallest absolute Gasteiger partial charge is 0.359 e. The summed E-state index contributed by atoms with van der Waals surface area (Å²) < 4.78 is 6.47. The van der Waals surface area contributed by atoms with E-state index in [2.05, 4.69) is 10.4 Å². The minimum absolute atomic E-state index is 0.158. The van der Waals surface area contributed by atoms with E-state index in [1.807, 2.05) is 13.8 Å². The molecule has 0 fully saturated rings. The lowest BCUT2D eigenvalue weighted by atomic mass is 10.2. The van der Waals surface area contributed by atoms with Crippen LogP contribution in [0.4, 0.5) is 5.69 Å². The van der Waals surface area contributed by atoms with E-state index in [-0.39, 0.29) is 17.3 Å². The molecule has 0 radical (unpaired) electrons. The monoisotopic (exact) mass is 282 g/mol. The predicted molar refractivity (Wildman–Crippen MR) is 75.1 cm³/mol. The molecule has 1 amide bonds. The van der Waals surface area contributed by atoms with Crippen LogP contribution < -0.4 is 11.1 Å². The van der Waals surface area contributed by atoms with E-state index in [1.165, 1.54) is 11.6 Å². The number of aromatic nitrogens is 2. The summed E-state index contributed by atoms with van der Waals surface area (Å²) in [7, 11) is 1.60. The standard InChI is InChI=1S/C13H22N4O3/c1-7(2)6-15-12(18)9(4)20-13(19)11-10(14)8(3)16-17(11)5/h7,9H,6,14H2,1-5H3,(H,15,18). The Kier molecular flexibility index (Phi) is 5.12. The van der Waals surface area contributed by atoms with Gasteiger partial charge in [0.2, 0.25) is 0 Å². The third-order valence-electron chi connectivity index (χ3n) is 2.80. The van der Waals surface area contributed by atoms with Crippen molar-refractivity contribution in [3.8, 4) is 0 Å². The number of carbonyl (C=O) groups is 2. The second kappa shape index (κ2) is 6.40. The zero-order valence-electron chi connectivity index (χ0n) is 12.6. The Morgan fingerprint density at radius 3 is 2.45 bits per heavy atom. The summed E-state index contributed by atoms with van der Waals surface area (Å²) in [6, 6.07) is 0. The molecule has 112 valence electrons.